The molecule has 96 valence electrons. The minimum Gasteiger partial charge on any atom is -0.370 e. The number of rotatable bonds is 5. The third kappa shape index (κ3) is 4.39. The van der Waals surface area contributed by atoms with Crippen molar-refractivity contribution in [3.05, 3.63) is 0 Å². The van der Waals surface area contributed by atoms with Crippen LogP contribution in [0.15, 0.2) is 0 Å². The summed E-state index contributed by atoms with van der Waals surface area (Å²) in [5, 5.41) is 0. The molecular formula is C11H23NO3S. The van der Waals surface area contributed by atoms with Crippen molar-refractivity contribution in [2.75, 3.05) is 12.8 Å². The maximum Gasteiger partial charge on any atom is 0.208 e. The molecule has 0 aliphatic heterocycles. The summed E-state index contributed by atoms with van der Waals surface area (Å²) < 4.78 is 30.6. The quantitative estimate of drug-likeness (QED) is 0.803. The summed E-state index contributed by atoms with van der Waals surface area (Å²) in [6, 6.07) is 0. The van der Waals surface area contributed by atoms with E-state index in [-0.39, 0.29) is 17.1 Å². The second-order valence-corrected chi connectivity index (χ2v) is 7.74. The molecule has 0 spiro atoms. The fourth-order valence-electron chi connectivity index (χ4n) is 1.29. The van der Waals surface area contributed by atoms with E-state index in [2.05, 4.69) is 25.5 Å². The molecule has 0 aromatic carbocycles. The van der Waals surface area contributed by atoms with Crippen LogP contribution in [-0.2, 0) is 14.8 Å². The van der Waals surface area contributed by atoms with Crippen molar-refractivity contribution in [3.8, 4) is 0 Å². The van der Waals surface area contributed by atoms with E-state index in [1.54, 1.807) is 0 Å². The second kappa shape index (κ2) is 4.27. The van der Waals surface area contributed by atoms with Crippen LogP contribution in [0, 0.1) is 5.41 Å². The topological polar surface area (TPSA) is 55.4 Å². The highest BCUT2D eigenvalue weighted by Crippen LogP contribution is 2.42. The molecule has 0 radical (unpaired) electrons. The SMILES string of the molecule is C[C@H](OC1(CNS(C)(=O)=O)CC1)C(C)(C)C. The van der Waals surface area contributed by atoms with Gasteiger partial charge in [-0.1, -0.05) is 20.8 Å². The van der Waals surface area contributed by atoms with Crippen LogP contribution >= 0.6 is 0 Å². The first-order valence-corrected chi connectivity index (χ1v) is 7.56. The van der Waals surface area contributed by atoms with E-state index in [9.17, 15) is 8.42 Å². The van der Waals surface area contributed by atoms with Gasteiger partial charge in [-0.05, 0) is 25.2 Å². The third-order valence-corrected chi connectivity index (χ3v) is 3.78. The molecular weight excluding hydrogens is 226 g/mol. The van der Waals surface area contributed by atoms with Gasteiger partial charge in [-0.15, -0.1) is 0 Å². The maximum absolute atomic E-state index is 11.0. The first-order valence-electron chi connectivity index (χ1n) is 5.67. The molecule has 0 heterocycles. The Hall–Kier alpha value is -0.130. The number of hydrogen-bond acceptors (Lipinski definition) is 3. The maximum atomic E-state index is 11.0. The van der Waals surface area contributed by atoms with Crippen molar-refractivity contribution in [2.45, 2.75) is 52.2 Å². The van der Waals surface area contributed by atoms with Gasteiger partial charge in [0, 0.05) is 6.54 Å². The van der Waals surface area contributed by atoms with Gasteiger partial charge >= 0.3 is 0 Å². The average molecular weight is 249 g/mol. The zero-order chi connectivity index (χ0) is 12.6. The van der Waals surface area contributed by atoms with Crippen molar-refractivity contribution < 1.29 is 13.2 Å². The largest absolute Gasteiger partial charge is 0.370 e. The lowest BCUT2D eigenvalue weighted by atomic mass is 9.90. The lowest BCUT2D eigenvalue weighted by molar-refractivity contribution is -0.0676. The molecule has 0 aromatic heterocycles. The van der Waals surface area contributed by atoms with Crippen molar-refractivity contribution in [1.82, 2.24) is 4.72 Å². The summed E-state index contributed by atoms with van der Waals surface area (Å²) in [4.78, 5) is 0. The lowest BCUT2D eigenvalue weighted by Crippen LogP contribution is -2.39. The van der Waals surface area contributed by atoms with Crippen LogP contribution in [0.1, 0.15) is 40.5 Å². The smallest absolute Gasteiger partial charge is 0.208 e. The minimum absolute atomic E-state index is 0.0840. The van der Waals surface area contributed by atoms with Crippen molar-refractivity contribution >= 4 is 10.0 Å². The van der Waals surface area contributed by atoms with E-state index in [0.29, 0.717) is 6.54 Å². The summed E-state index contributed by atoms with van der Waals surface area (Å²) in [5.41, 5.74) is -0.170. The van der Waals surface area contributed by atoms with Gasteiger partial charge in [-0.2, -0.15) is 0 Å². The molecule has 5 heteroatoms. The molecule has 1 saturated carbocycles. The van der Waals surface area contributed by atoms with Gasteiger partial charge in [0.15, 0.2) is 0 Å². The van der Waals surface area contributed by atoms with Gasteiger partial charge in [0.05, 0.1) is 18.0 Å². The molecule has 1 rings (SSSR count). The van der Waals surface area contributed by atoms with Crippen molar-refractivity contribution in [1.29, 1.82) is 0 Å². The summed E-state index contributed by atoms with van der Waals surface area (Å²) in [7, 11) is -3.12. The fourth-order valence-corrected chi connectivity index (χ4v) is 1.82. The summed E-state index contributed by atoms with van der Waals surface area (Å²) in [6.45, 7) is 8.81. The highest BCUT2D eigenvalue weighted by molar-refractivity contribution is 7.88. The predicted octanol–water partition coefficient (Wildman–Crippen LogP) is 1.52. The first kappa shape index (κ1) is 13.9. The molecule has 1 atom stereocenters. The normalized spacial score (nSPS) is 21.8. The Balaban J connectivity index is 2.48. The summed E-state index contributed by atoms with van der Waals surface area (Å²) in [5.74, 6) is 0. The van der Waals surface area contributed by atoms with Crippen molar-refractivity contribution in [2.24, 2.45) is 5.41 Å². The number of ether oxygens (including phenoxy) is 1. The van der Waals surface area contributed by atoms with Gasteiger partial charge in [0.25, 0.3) is 0 Å². The highest BCUT2D eigenvalue weighted by Gasteiger charge is 2.46. The Morgan fingerprint density at radius 3 is 2.19 bits per heavy atom. The molecule has 0 unspecified atom stereocenters. The standard InChI is InChI=1S/C11H23NO3S/c1-9(10(2,3)4)15-11(6-7-11)8-12-16(5,13)14/h9,12H,6-8H2,1-5H3/t9-/m0/s1. The van der Waals surface area contributed by atoms with Crippen LogP contribution in [0.4, 0.5) is 0 Å². The van der Waals surface area contributed by atoms with E-state index < -0.39 is 10.0 Å². The molecule has 1 aliphatic rings. The molecule has 1 N–H and O–H groups in total. The van der Waals surface area contributed by atoms with Crippen LogP contribution in [0.3, 0.4) is 0 Å². The van der Waals surface area contributed by atoms with Crippen LogP contribution < -0.4 is 4.72 Å². The van der Waals surface area contributed by atoms with Crippen LogP contribution in [0.2, 0.25) is 0 Å². The highest BCUT2D eigenvalue weighted by atomic mass is 32.2. The van der Waals surface area contributed by atoms with Gasteiger partial charge in [0.1, 0.15) is 0 Å². The monoisotopic (exact) mass is 249 g/mol. The Labute approximate surface area is 98.8 Å². The zero-order valence-corrected chi connectivity index (χ0v) is 11.6. The van der Waals surface area contributed by atoms with E-state index in [1.807, 2.05) is 6.92 Å². The predicted molar refractivity (Wildman–Crippen MR) is 64.8 cm³/mol. The lowest BCUT2D eigenvalue weighted by Gasteiger charge is -2.31. The average Bonchev–Trinajstić information content (AvgIpc) is 2.79. The van der Waals surface area contributed by atoms with E-state index in [1.165, 1.54) is 6.26 Å². The van der Waals surface area contributed by atoms with Gasteiger partial charge in [0.2, 0.25) is 10.0 Å². The summed E-state index contributed by atoms with van der Waals surface area (Å²) in [6.07, 6.45) is 3.18. The molecule has 4 nitrogen and oxygen atoms in total. The Kier molecular flexibility index (Phi) is 3.72. The molecule has 0 amide bonds. The number of sulfonamides is 1. The Morgan fingerprint density at radius 1 is 1.38 bits per heavy atom. The Morgan fingerprint density at radius 2 is 1.88 bits per heavy atom. The van der Waals surface area contributed by atoms with E-state index in [4.69, 9.17) is 4.74 Å². The fraction of sp³-hybridized carbons (Fsp3) is 1.00. The van der Waals surface area contributed by atoms with E-state index in [0.717, 1.165) is 12.8 Å². The molecule has 0 aromatic rings. The molecule has 16 heavy (non-hydrogen) atoms. The molecule has 1 aliphatic carbocycles. The third-order valence-electron chi connectivity index (χ3n) is 3.11. The van der Waals surface area contributed by atoms with Gasteiger partial charge in [-0.3, -0.25) is 0 Å². The van der Waals surface area contributed by atoms with Crippen molar-refractivity contribution in [3.63, 3.8) is 0 Å². The van der Waals surface area contributed by atoms with Crippen LogP contribution in [0.5, 0.6) is 0 Å². The van der Waals surface area contributed by atoms with Crippen LogP contribution in [0.25, 0.3) is 0 Å². The molecule has 1 fully saturated rings. The van der Waals surface area contributed by atoms with E-state index >= 15 is 0 Å². The Bertz CT molecular complexity index is 339. The second-order valence-electron chi connectivity index (χ2n) is 5.90. The zero-order valence-electron chi connectivity index (χ0n) is 10.8. The van der Waals surface area contributed by atoms with Gasteiger partial charge in [-0.25, -0.2) is 13.1 Å². The molecule has 0 saturated heterocycles. The molecule has 0 bridgehead atoms. The first-order chi connectivity index (χ1) is 7.04. The summed E-state index contributed by atoms with van der Waals surface area (Å²) >= 11 is 0. The minimum atomic E-state index is -3.12. The number of nitrogens with one attached hydrogen (secondary N) is 1. The number of hydrogen-bond donors (Lipinski definition) is 1. The van der Waals surface area contributed by atoms with Gasteiger partial charge < -0.3 is 4.74 Å². The van der Waals surface area contributed by atoms with Crippen LogP contribution in [-0.4, -0.2) is 32.9 Å².